The first-order chi connectivity index (χ1) is 6.61. The number of rotatable bonds is 1. The summed E-state index contributed by atoms with van der Waals surface area (Å²) in [5.74, 6) is -1.66. The van der Waals surface area contributed by atoms with Gasteiger partial charge in [0.25, 0.3) is 0 Å². The molecular weight excluding hydrogens is 187 g/mol. The fraction of sp³-hybridized carbons (Fsp3) is 0.100. The largest absolute Gasteiger partial charge is 0.478 e. The molecule has 0 spiro atoms. The van der Waals surface area contributed by atoms with Crippen LogP contribution >= 0.6 is 0 Å². The van der Waals surface area contributed by atoms with Crippen LogP contribution in [0.5, 0.6) is 0 Å². The van der Waals surface area contributed by atoms with E-state index in [1.54, 1.807) is 6.92 Å². The number of carboxylic acid groups (broad SMARTS) is 1. The Hall–Kier alpha value is -1.84. The van der Waals surface area contributed by atoms with E-state index in [-0.39, 0.29) is 11.1 Å². The lowest BCUT2D eigenvalue weighted by molar-refractivity contribution is 0.0698. The van der Waals surface area contributed by atoms with Gasteiger partial charge in [-0.15, -0.1) is 0 Å². The van der Waals surface area contributed by atoms with Crippen molar-refractivity contribution in [2.75, 3.05) is 0 Å². The Morgan fingerprint density at radius 2 is 2.21 bits per heavy atom. The van der Waals surface area contributed by atoms with Gasteiger partial charge in [-0.1, -0.05) is 6.07 Å². The predicted octanol–water partition coefficient (Wildman–Crippen LogP) is 2.58. The zero-order valence-electron chi connectivity index (χ0n) is 7.37. The number of carboxylic acids is 1. The van der Waals surface area contributed by atoms with Crippen molar-refractivity contribution in [2.24, 2.45) is 0 Å². The molecule has 0 amide bonds. The molecule has 1 heterocycles. The van der Waals surface area contributed by atoms with Crippen molar-refractivity contribution in [3.05, 3.63) is 35.3 Å². The molecule has 3 nitrogen and oxygen atoms in total. The Morgan fingerprint density at radius 3 is 2.86 bits per heavy atom. The van der Waals surface area contributed by atoms with Crippen molar-refractivity contribution >= 4 is 16.9 Å². The summed E-state index contributed by atoms with van der Waals surface area (Å²) >= 11 is 0. The van der Waals surface area contributed by atoms with Gasteiger partial charge in [0.2, 0.25) is 0 Å². The number of fused-ring (bicyclic) bond motifs is 1. The average molecular weight is 194 g/mol. The van der Waals surface area contributed by atoms with E-state index in [2.05, 4.69) is 0 Å². The van der Waals surface area contributed by atoms with Crippen LogP contribution in [0.4, 0.5) is 4.39 Å². The first-order valence-electron chi connectivity index (χ1n) is 4.01. The minimum atomic E-state index is -1.11. The SMILES string of the molecule is Cc1ccc(F)c2occ(C(=O)O)c12. The molecule has 14 heavy (non-hydrogen) atoms. The summed E-state index contributed by atoms with van der Waals surface area (Å²) in [4.78, 5) is 10.8. The Labute approximate surface area is 78.8 Å². The van der Waals surface area contributed by atoms with Crippen LogP contribution in [0, 0.1) is 12.7 Å². The summed E-state index contributed by atoms with van der Waals surface area (Å²) < 4.78 is 18.0. The van der Waals surface area contributed by atoms with Gasteiger partial charge in [0, 0.05) is 5.39 Å². The standard InChI is InChI=1S/C10H7FO3/c1-5-2-3-7(11)9-8(5)6(4-14-9)10(12)13/h2-4H,1H3,(H,12,13). The molecule has 4 heteroatoms. The maximum Gasteiger partial charge on any atom is 0.339 e. The summed E-state index contributed by atoms with van der Waals surface area (Å²) in [7, 11) is 0. The quantitative estimate of drug-likeness (QED) is 0.758. The van der Waals surface area contributed by atoms with E-state index in [0.717, 1.165) is 6.26 Å². The van der Waals surface area contributed by atoms with Crippen LogP contribution in [0.1, 0.15) is 15.9 Å². The van der Waals surface area contributed by atoms with Crippen molar-refractivity contribution in [3.8, 4) is 0 Å². The lowest BCUT2D eigenvalue weighted by Crippen LogP contribution is -1.95. The number of hydrogen-bond donors (Lipinski definition) is 1. The van der Waals surface area contributed by atoms with Gasteiger partial charge in [0.15, 0.2) is 11.4 Å². The van der Waals surface area contributed by atoms with Gasteiger partial charge in [0.1, 0.15) is 11.8 Å². The average Bonchev–Trinajstić information content (AvgIpc) is 2.56. The van der Waals surface area contributed by atoms with Gasteiger partial charge in [0.05, 0.1) is 0 Å². The number of aryl methyl sites for hydroxylation is 1. The van der Waals surface area contributed by atoms with Crippen LogP contribution in [0.3, 0.4) is 0 Å². The Morgan fingerprint density at radius 1 is 1.50 bits per heavy atom. The molecule has 0 radical (unpaired) electrons. The van der Waals surface area contributed by atoms with Crippen molar-refractivity contribution in [3.63, 3.8) is 0 Å². The molecule has 0 aliphatic rings. The Kier molecular flexibility index (Phi) is 1.77. The van der Waals surface area contributed by atoms with Gasteiger partial charge < -0.3 is 9.52 Å². The molecular formula is C10H7FO3. The van der Waals surface area contributed by atoms with Gasteiger partial charge >= 0.3 is 5.97 Å². The summed E-state index contributed by atoms with van der Waals surface area (Å²) in [5.41, 5.74) is 0.687. The normalized spacial score (nSPS) is 10.7. The van der Waals surface area contributed by atoms with Crippen LogP contribution in [0.2, 0.25) is 0 Å². The number of aromatic carboxylic acids is 1. The highest BCUT2D eigenvalue weighted by molar-refractivity contribution is 6.03. The number of furan rings is 1. The first kappa shape index (κ1) is 8.74. The minimum absolute atomic E-state index is 0.00222. The zero-order valence-corrected chi connectivity index (χ0v) is 7.37. The maximum absolute atomic E-state index is 13.2. The number of carbonyl (C=O) groups is 1. The van der Waals surface area contributed by atoms with Gasteiger partial charge in [-0.05, 0) is 18.6 Å². The zero-order chi connectivity index (χ0) is 10.3. The molecule has 0 fully saturated rings. The number of hydrogen-bond acceptors (Lipinski definition) is 2. The second-order valence-electron chi connectivity index (χ2n) is 3.02. The van der Waals surface area contributed by atoms with E-state index >= 15 is 0 Å². The van der Waals surface area contributed by atoms with E-state index < -0.39 is 11.8 Å². The van der Waals surface area contributed by atoms with E-state index in [4.69, 9.17) is 9.52 Å². The highest BCUT2D eigenvalue weighted by Gasteiger charge is 2.16. The van der Waals surface area contributed by atoms with E-state index in [1.165, 1.54) is 12.1 Å². The minimum Gasteiger partial charge on any atom is -0.478 e. The van der Waals surface area contributed by atoms with Crippen LogP contribution in [-0.4, -0.2) is 11.1 Å². The first-order valence-corrected chi connectivity index (χ1v) is 4.01. The fourth-order valence-electron chi connectivity index (χ4n) is 1.44. The molecule has 1 N–H and O–H groups in total. The topological polar surface area (TPSA) is 50.4 Å². The van der Waals surface area contributed by atoms with Crippen molar-refractivity contribution in [2.45, 2.75) is 6.92 Å². The van der Waals surface area contributed by atoms with Crippen molar-refractivity contribution in [1.29, 1.82) is 0 Å². The number of benzene rings is 1. The van der Waals surface area contributed by atoms with Gasteiger partial charge in [-0.2, -0.15) is 0 Å². The summed E-state index contributed by atoms with van der Waals surface area (Å²) in [6.07, 6.45) is 1.06. The molecule has 0 unspecified atom stereocenters. The monoisotopic (exact) mass is 194 g/mol. The molecule has 0 saturated heterocycles. The Balaban J connectivity index is 2.90. The van der Waals surface area contributed by atoms with Crippen molar-refractivity contribution in [1.82, 2.24) is 0 Å². The summed E-state index contributed by atoms with van der Waals surface area (Å²) in [5, 5.41) is 9.14. The Bertz CT molecular complexity index is 513. The fourth-order valence-corrected chi connectivity index (χ4v) is 1.44. The van der Waals surface area contributed by atoms with Crippen LogP contribution in [0.25, 0.3) is 11.0 Å². The maximum atomic E-state index is 13.2. The van der Waals surface area contributed by atoms with Crippen LogP contribution in [-0.2, 0) is 0 Å². The molecule has 2 aromatic rings. The van der Waals surface area contributed by atoms with E-state index in [9.17, 15) is 9.18 Å². The smallest absolute Gasteiger partial charge is 0.339 e. The van der Waals surface area contributed by atoms with Crippen molar-refractivity contribution < 1.29 is 18.7 Å². The molecule has 0 saturated carbocycles. The summed E-state index contributed by atoms with van der Waals surface area (Å²) in [6.45, 7) is 1.71. The van der Waals surface area contributed by atoms with Crippen LogP contribution < -0.4 is 0 Å². The highest BCUT2D eigenvalue weighted by Crippen LogP contribution is 2.26. The molecule has 1 aromatic heterocycles. The molecule has 0 aliphatic heterocycles. The highest BCUT2D eigenvalue weighted by atomic mass is 19.1. The molecule has 0 aliphatic carbocycles. The predicted molar refractivity (Wildman–Crippen MR) is 47.9 cm³/mol. The van der Waals surface area contributed by atoms with Crippen LogP contribution in [0.15, 0.2) is 22.8 Å². The van der Waals surface area contributed by atoms with E-state index in [1.807, 2.05) is 0 Å². The molecule has 0 atom stereocenters. The lowest BCUT2D eigenvalue weighted by atomic mass is 10.1. The van der Waals surface area contributed by atoms with Gasteiger partial charge in [-0.25, -0.2) is 9.18 Å². The van der Waals surface area contributed by atoms with E-state index in [0.29, 0.717) is 10.9 Å². The second kappa shape index (κ2) is 2.83. The third kappa shape index (κ3) is 1.08. The summed E-state index contributed by atoms with van der Waals surface area (Å²) in [6, 6.07) is 2.78. The number of halogens is 1. The molecule has 72 valence electrons. The molecule has 2 rings (SSSR count). The molecule has 0 bridgehead atoms. The third-order valence-electron chi connectivity index (χ3n) is 2.11. The third-order valence-corrected chi connectivity index (χ3v) is 2.11. The molecule has 1 aromatic carbocycles. The van der Waals surface area contributed by atoms with Gasteiger partial charge in [-0.3, -0.25) is 0 Å². The lowest BCUT2D eigenvalue weighted by Gasteiger charge is -1.96. The second-order valence-corrected chi connectivity index (χ2v) is 3.02.